The molecule has 2 rings (SSSR count). The number of carbonyl (C=O) groups is 1. The molecule has 0 unspecified atom stereocenters. The van der Waals surface area contributed by atoms with Crippen LogP contribution in [0.4, 0.5) is 20.2 Å². The van der Waals surface area contributed by atoms with Crippen LogP contribution in [0.25, 0.3) is 0 Å². The Labute approximate surface area is 122 Å². The average Bonchev–Trinajstić information content (AvgIpc) is 2.50. The van der Waals surface area contributed by atoms with Crippen molar-refractivity contribution in [2.45, 2.75) is 6.92 Å². The highest BCUT2D eigenvalue weighted by Crippen LogP contribution is 2.15. The Morgan fingerprint density at radius 2 is 1.81 bits per heavy atom. The van der Waals surface area contributed by atoms with Crippen molar-refractivity contribution in [3.63, 3.8) is 0 Å². The maximum absolute atomic E-state index is 13.1. The van der Waals surface area contributed by atoms with Gasteiger partial charge in [0.05, 0.1) is 6.54 Å². The standard InChI is InChI=1S/C16H16F2N2O/c1-2-20(13-6-4-3-5-7-13)16(21)11-19-12-8-9-14(17)15(18)10-12/h3-10,19H,2,11H2,1H3. The fourth-order valence-electron chi connectivity index (χ4n) is 1.99. The summed E-state index contributed by atoms with van der Waals surface area (Å²) >= 11 is 0. The van der Waals surface area contributed by atoms with Gasteiger partial charge in [-0.3, -0.25) is 4.79 Å². The summed E-state index contributed by atoms with van der Waals surface area (Å²) in [5.41, 5.74) is 1.17. The van der Waals surface area contributed by atoms with Gasteiger partial charge in [-0.1, -0.05) is 18.2 Å². The highest BCUT2D eigenvalue weighted by molar-refractivity contribution is 5.96. The number of amides is 1. The van der Waals surface area contributed by atoms with Crippen molar-refractivity contribution in [2.24, 2.45) is 0 Å². The fourth-order valence-corrected chi connectivity index (χ4v) is 1.99. The highest BCUT2D eigenvalue weighted by atomic mass is 19.2. The molecule has 0 aromatic heterocycles. The molecule has 110 valence electrons. The lowest BCUT2D eigenvalue weighted by Gasteiger charge is -2.21. The Kier molecular flexibility index (Phi) is 4.87. The third kappa shape index (κ3) is 3.78. The van der Waals surface area contributed by atoms with Crippen molar-refractivity contribution < 1.29 is 13.6 Å². The first-order valence-electron chi connectivity index (χ1n) is 6.66. The molecule has 2 aromatic carbocycles. The molecule has 1 N–H and O–H groups in total. The number of likely N-dealkylation sites (N-methyl/N-ethyl adjacent to an activating group) is 1. The maximum Gasteiger partial charge on any atom is 0.246 e. The molecule has 0 saturated heterocycles. The van der Waals surface area contributed by atoms with Gasteiger partial charge in [0.1, 0.15) is 0 Å². The van der Waals surface area contributed by atoms with Gasteiger partial charge in [0.25, 0.3) is 0 Å². The largest absolute Gasteiger partial charge is 0.376 e. The number of hydrogen-bond acceptors (Lipinski definition) is 2. The van der Waals surface area contributed by atoms with E-state index < -0.39 is 11.6 Å². The minimum atomic E-state index is -0.942. The van der Waals surface area contributed by atoms with E-state index in [1.165, 1.54) is 6.07 Å². The lowest BCUT2D eigenvalue weighted by Crippen LogP contribution is -2.35. The second-order valence-corrected chi connectivity index (χ2v) is 4.46. The van der Waals surface area contributed by atoms with Gasteiger partial charge in [-0.15, -0.1) is 0 Å². The summed E-state index contributed by atoms with van der Waals surface area (Å²) < 4.78 is 25.9. The second-order valence-electron chi connectivity index (χ2n) is 4.46. The van der Waals surface area contributed by atoms with Gasteiger partial charge in [-0.2, -0.15) is 0 Å². The van der Waals surface area contributed by atoms with Crippen molar-refractivity contribution in [1.82, 2.24) is 0 Å². The summed E-state index contributed by atoms with van der Waals surface area (Å²) in [4.78, 5) is 13.8. The van der Waals surface area contributed by atoms with E-state index in [2.05, 4.69) is 5.32 Å². The van der Waals surface area contributed by atoms with Gasteiger partial charge >= 0.3 is 0 Å². The van der Waals surface area contributed by atoms with E-state index in [4.69, 9.17) is 0 Å². The number of rotatable bonds is 5. The normalized spacial score (nSPS) is 10.2. The molecule has 0 spiro atoms. The molecule has 3 nitrogen and oxygen atoms in total. The average molecular weight is 290 g/mol. The molecule has 0 atom stereocenters. The van der Waals surface area contributed by atoms with Crippen molar-refractivity contribution in [2.75, 3.05) is 23.3 Å². The molecule has 1 amide bonds. The first-order valence-corrected chi connectivity index (χ1v) is 6.66. The molecular weight excluding hydrogens is 274 g/mol. The molecule has 0 aliphatic rings. The molecule has 0 heterocycles. The molecule has 2 aromatic rings. The van der Waals surface area contributed by atoms with Crippen LogP contribution in [0.1, 0.15) is 6.92 Å². The maximum atomic E-state index is 13.1. The third-order valence-electron chi connectivity index (χ3n) is 3.05. The van der Waals surface area contributed by atoms with Crippen molar-refractivity contribution in [3.05, 3.63) is 60.2 Å². The quantitative estimate of drug-likeness (QED) is 0.915. The summed E-state index contributed by atoms with van der Waals surface area (Å²) in [5.74, 6) is -2.00. The van der Waals surface area contributed by atoms with Crippen LogP contribution in [-0.2, 0) is 4.79 Å². The number of nitrogens with one attached hydrogen (secondary N) is 1. The van der Waals surface area contributed by atoms with Crippen LogP contribution in [0, 0.1) is 11.6 Å². The van der Waals surface area contributed by atoms with Crippen LogP contribution in [-0.4, -0.2) is 19.0 Å². The Morgan fingerprint density at radius 3 is 2.43 bits per heavy atom. The SMILES string of the molecule is CCN(C(=O)CNc1ccc(F)c(F)c1)c1ccccc1. The number of hydrogen-bond donors (Lipinski definition) is 1. The Balaban J connectivity index is 2.01. The molecule has 0 bridgehead atoms. The number of anilines is 2. The van der Waals surface area contributed by atoms with Gasteiger partial charge in [0.15, 0.2) is 11.6 Å². The number of nitrogens with zero attached hydrogens (tertiary/aromatic N) is 1. The van der Waals surface area contributed by atoms with Gasteiger partial charge in [-0.05, 0) is 31.2 Å². The minimum absolute atomic E-state index is 0.00774. The summed E-state index contributed by atoms with van der Waals surface area (Å²) in [5, 5.41) is 2.80. The molecule has 0 aliphatic carbocycles. The molecule has 0 radical (unpaired) electrons. The Morgan fingerprint density at radius 1 is 1.10 bits per heavy atom. The van der Waals surface area contributed by atoms with E-state index in [0.717, 1.165) is 17.8 Å². The zero-order valence-electron chi connectivity index (χ0n) is 11.6. The smallest absolute Gasteiger partial charge is 0.246 e. The van der Waals surface area contributed by atoms with E-state index in [-0.39, 0.29) is 12.5 Å². The van der Waals surface area contributed by atoms with E-state index >= 15 is 0 Å². The fraction of sp³-hybridized carbons (Fsp3) is 0.188. The number of benzene rings is 2. The molecule has 0 fully saturated rings. The monoisotopic (exact) mass is 290 g/mol. The summed E-state index contributed by atoms with van der Waals surface area (Å²) in [7, 11) is 0. The zero-order valence-corrected chi connectivity index (χ0v) is 11.6. The molecule has 0 saturated carbocycles. The van der Waals surface area contributed by atoms with E-state index in [1.807, 2.05) is 37.3 Å². The Bertz CT molecular complexity index is 617. The van der Waals surface area contributed by atoms with Crippen molar-refractivity contribution in [1.29, 1.82) is 0 Å². The first-order chi connectivity index (χ1) is 10.1. The van der Waals surface area contributed by atoms with Gasteiger partial charge in [-0.25, -0.2) is 8.78 Å². The van der Waals surface area contributed by atoms with Crippen LogP contribution in [0.2, 0.25) is 0 Å². The third-order valence-corrected chi connectivity index (χ3v) is 3.05. The summed E-state index contributed by atoms with van der Waals surface area (Å²) in [6.45, 7) is 2.42. The van der Waals surface area contributed by atoms with Crippen molar-refractivity contribution >= 4 is 17.3 Å². The van der Waals surface area contributed by atoms with E-state index in [0.29, 0.717) is 12.2 Å². The summed E-state index contributed by atoms with van der Waals surface area (Å²) in [6.07, 6.45) is 0. The predicted molar refractivity (Wildman–Crippen MR) is 79.3 cm³/mol. The minimum Gasteiger partial charge on any atom is -0.376 e. The summed E-state index contributed by atoms with van der Waals surface area (Å²) in [6, 6.07) is 12.7. The zero-order chi connectivity index (χ0) is 15.2. The number of carbonyl (C=O) groups excluding carboxylic acids is 1. The first kappa shape index (κ1) is 15.0. The number of para-hydroxylation sites is 1. The van der Waals surface area contributed by atoms with Gasteiger partial charge in [0.2, 0.25) is 5.91 Å². The Hall–Kier alpha value is -2.43. The van der Waals surface area contributed by atoms with Crippen molar-refractivity contribution in [3.8, 4) is 0 Å². The lowest BCUT2D eigenvalue weighted by atomic mass is 10.2. The van der Waals surface area contributed by atoms with Crippen LogP contribution in [0.15, 0.2) is 48.5 Å². The molecule has 21 heavy (non-hydrogen) atoms. The molecule has 0 aliphatic heterocycles. The highest BCUT2D eigenvalue weighted by Gasteiger charge is 2.13. The molecular formula is C16H16F2N2O. The lowest BCUT2D eigenvalue weighted by molar-refractivity contribution is -0.116. The van der Waals surface area contributed by atoms with Crippen LogP contribution < -0.4 is 10.2 Å². The second kappa shape index (κ2) is 6.83. The van der Waals surface area contributed by atoms with Gasteiger partial charge in [0, 0.05) is 24.0 Å². The van der Waals surface area contributed by atoms with Crippen LogP contribution >= 0.6 is 0 Å². The topological polar surface area (TPSA) is 32.3 Å². The van der Waals surface area contributed by atoms with Crippen LogP contribution in [0.5, 0.6) is 0 Å². The van der Waals surface area contributed by atoms with Gasteiger partial charge < -0.3 is 10.2 Å². The number of halogens is 2. The van der Waals surface area contributed by atoms with E-state index in [1.54, 1.807) is 4.90 Å². The van der Waals surface area contributed by atoms with E-state index in [9.17, 15) is 13.6 Å². The van der Waals surface area contributed by atoms with Crippen LogP contribution in [0.3, 0.4) is 0 Å². The molecule has 5 heteroatoms. The predicted octanol–water partition coefficient (Wildman–Crippen LogP) is 3.43.